The van der Waals surface area contributed by atoms with Crippen LogP contribution in [0.4, 0.5) is 0 Å². The van der Waals surface area contributed by atoms with E-state index in [0.717, 1.165) is 57.8 Å². The number of phosphoric ester groups is 1. The quantitative estimate of drug-likeness (QED) is 0.0244. The average molecular weight is 733 g/mol. The summed E-state index contributed by atoms with van der Waals surface area (Å²) in [6.45, 7) is 3.47. The summed E-state index contributed by atoms with van der Waals surface area (Å²) in [4.78, 5) is 22.5. The normalized spacial score (nSPS) is 14.4. The Morgan fingerprint density at radius 2 is 1.10 bits per heavy atom. The van der Waals surface area contributed by atoms with Crippen molar-refractivity contribution in [3.05, 3.63) is 24.3 Å². The molecule has 3 atom stereocenters. The van der Waals surface area contributed by atoms with Gasteiger partial charge < -0.3 is 24.6 Å². The Labute approximate surface area is 306 Å². The first kappa shape index (κ1) is 48.9. The first-order chi connectivity index (χ1) is 24.3. The molecule has 10 heteroatoms. The van der Waals surface area contributed by atoms with Crippen molar-refractivity contribution in [1.29, 1.82) is 0 Å². The fourth-order valence-electron chi connectivity index (χ4n) is 5.49. The van der Waals surface area contributed by atoms with E-state index in [1.807, 2.05) is 0 Å². The standard InChI is InChI=1S/C40H77O9P/c1-3-5-7-9-11-13-15-17-19-21-23-25-27-29-31-33-46-36-39(37-48-50(44,45)47-35-38(42)34-41)49-40(43)32-30-28-26-24-22-20-18-16-14-12-10-8-6-4-2/h10,12,16,18,38-39,41-42H,3-9,11,13-15,17,19-37H2,1-2H3,(H,44,45)/b12-10-,18-16-. The Balaban J connectivity index is 4.21. The molecule has 3 unspecified atom stereocenters. The molecule has 0 amide bonds. The van der Waals surface area contributed by atoms with Gasteiger partial charge in [0.25, 0.3) is 0 Å². The van der Waals surface area contributed by atoms with Crippen LogP contribution >= 0.6 is 7.82 Å². The molecule has 3 N–H and O–H groups in total. The minimum absolute atomic E-state index is 0.0473. The predicted molar refractivity (Wildman–Crippen MR) is 205 cm³/mol. The van der Waals surface area contributed by atoms with Crippen LogP contribution in [-0.2, 0) is 27.9 Å². The molecule has 0 rings (SSSR count). The van der Waals surface area contributed by atoms with Crippen LogP contribution in [0.5, 0.6) is 0 Å². The zero-order valence-corrected chi connectivity index (χ0v) is 33.0. The molecule has 0 fully saturated rings. The zero-order chi connectivity index (χ0) is 36.8. The lowest BCUT2D eigenvalue weighted by atomic mass is 10.0. The Morgan fingerprint density at radius 3 is 1.66 bits per heavy atom. The number of hydrogen-bond acceptors (Lipinski definition) is 8. The van der Waals surface area contributed by atoms with Crippen molar-refractivity contribution in [3.8, 4) is 0 Å². The average Bonchev–Trinajstić information content (AvgIpc) is 3.10. The highest BCUT2D eigenvalue weighted by Crippen LogP contribution is 2.43. The number of rotatable bonds is 39. The Bertz CT molecular complexity index is 836. The fraction of sp³-hybridized carbons (Fsp3) is 0.875. The smallest absolute Gasteiger partial charge is 0.457 e. The molecule has 0 saturated heterocycles. The van der Waals surface area contributed by atoms with Gasteiger partial charge in [-0.05, 0) is 38.5 Å². The number of allylic oxidation sites excluding steroid dienone is 4. The van der Waals surface area contributed by atoms with Gasteiger partial charge in [-0.15, -0.1) is 0 Å². The predicted octanol–water partition coefficient (Wildman–Crippen LogP) is 10.7. The maximum atomic E-state index is 12.6. The third kappa shape index (κ3) is 36.7. The molecule has 0 aromatic carbocycles. The lowest BCUT2D eigenvalue weighted by Gasteiger charge is -2.20. The van der Waals surface area contributed by atoms with Crippen molar-refractivity contribution < 1.29 is 43.0 Å². The molecule has 0 aromatic rings. The number of hydrogen-bond donors (Lipinski definition) is 3. The third-order valence-corrected chi connectivity index (χ3v) is 9.59. The van der Waals surface area contributed by atoms with Crippen molar-refractivity contribution >= 4 is 13.8 Å². The van der Waals surface area contributed by atoms with Crippen LogP contribution in [0, 0.1) is 0 Å². The van der Waals surface area contributed by atoms with Crippen LogP contribution in [0.15, 0.2) is 24.3 Å². The summed E-state index contributed by atoms with van der Waals surface area (Å²) in [7, 11) is -4.51. The van der Waals surface area contributed by atoms with Crippen LogP contribution in [-0.4, -0.2) is 66.3 Å². The van der Waals surface area contributed by atoms with E-state index in [9.17, 15) is 19.4 Å². The summed E-state index contributed by atoms with van der Waals surface area (Å²) in [5.41, 5.74) is 0. The molecular weight excluding hydrogens is 655 g/mol. The second-order valence-corrected chi connectivity index (χ2v) is 15.1. The monoisotopic (exact) mass is 733 g/mol. The van der Waals surface area contributed by atoms with E-state index in [4.69, 9.17) is 23.6 Å². The molecule has 0 radical (unpaired) electrons. The molecule has 9 nitrogen and oxygen atoms in total. The molecule has 0 heterocycles. The number of ether oxygens (including phenoxy) is 2. The summed E-state index contributed by atoms with van der Waals surface area (Å²) in [6, 6.07) is 0. The Hall–Kier alpha value is -1.06. The van der Waals surface area contributed by atoms with Crippen LogP contribution in [0.25, 0.3) is 0 Å². The molecule has 0 aliphatic heterocycles. The van der Waals surface area contributed by atoms with Gasteiger partial charge in [-0.3, -0.25) is 13.8 Å². The maximum absolute atomic E-state index is 12.6. The number of phosphoric acid groups is 1. The summed E-state index contributed by atoms with van der Waals surface area (Å²) in [5, 5.41) is 18.3. The van der Waals surface area contributed by atoms with Gasteiger partial charge in [0.1, 0.15) is 12.2 Å². The molecule has 0 saturated carbocycles. The molecule has 50 heavy (non-hydrogen) atoms. The second kappa shape index (κ2) is 37.7. The summed E-state index contributed by atoms with van der Waals surface area (Å²) in [6.07, 6.45) is 37.0. The SMILES string of the molecule is CCCC/C=C\C/C=C\CCCCCCCC(=O)OC(COCCCCCCCCCCCCCCCCC)COP(=O)(O)OCC(O)CO. The number of esters is 1. The van der Waals surface area contributed by atoms with Gasteiger partial charge in [0.15, 0.2) is 0 Å². The fourth-order valence-corrected chi connectivity index (χ4v) is 6.28. The summed E-state index contributed by atoms with van der Waals surface area (Å²) < 4.78 is 33.3. The van der Waals surface area contributed by atoms with Crippen LogP contribution in [0.1, 0.15) is 181 Å². The summed E-state index contributed by atoms with van der Waals surface area (Å²) >= 11 is 0. The van der Waals surface area contributed by atoms with Gasteiger partial charge in [0.05, 0.1) is 26.4 Å². The van der Waals surface area contributed by atoms with E-state index in [1.165, 1.54) is 96.3 Å². The Kier molecular flexibility index (Phi) is 36.9. The Morgan fingerprint density at radius 1 is 0.620 bits per heavy atom. The highest BCUT2D eigenvalue weighted by molar-refractivity contribution is 7.47. The first-order valence-corrected chi connectivity index (χ1v) is 21.8. The van der Waals surface area contributed by atoms with Gasteiger partial charge in [0.2, 0.25) is 0 Å². The molecule has 0 aliphatic rings. The second-order valence-electron chi connectivity index (χ2n) is 13.7. The van der Waals surface area contributed by atoms with E-state index in [0.29, 0.717) is 13.0 Å². The van der Waals surface area contributed by atoms with Crippen molar-refractivity contribution in [2.75, 3.05) is 33.0 Å². The molecule has 0 aromatic heterocycles. The van der Waals surface area contributed by atoms with E-state index < -0.39 is 39.2 Å². The number of carbonyl (C=O) groups is 1. The molecule has 0 spiro atoms. The van der Waals surface area contributed by atoms with Crippen LogP contribution < -0.4 is 0 Å². The lowest BCUT2D eigenvalue weighted by Crippen LogP contribution is -2.29. The minimum Gasteiger partial charge on any atom is -0.457 e. The molecular formula is C40H77O9P. The lowest BCUT2D eigenvalue weighted by molar-refractivity contribution is -0.154. The van der Waals surface area contributed by atoms with Crippen molar-refractivity contribution in [1.82, 2.24) is 0 Å². The van der Waals surface area contributed by atoms with Crippen molar-refractivity contribution in [3.63, 3.8) is 0 Å². The highest BCUT2D eigenvalue weighted by atomic mass is 31.2. The topological polar surface area (TPSA) is 132 Å². The largest absolute Gasteiger partial charge is 0.472 e. The number of aliphatic hydroxyl groups is 2. The van der Waals surface area contributed by atoms with E-state index >= 15 is 0 Å². The van der Waals surface area contributed by atoms with E-state index in [2.05, 4.69) is 38.2 Å². The molecule has 0 bridgehead atoms. The molecule has 296 valence electrons. The van der Waals surface area contributed by atoms with Gasteiger partial charge >= 0.3 is 13.8 Å². The van der Waals surface area contributed by atoms with Crippen LogP contribution in [0.3, 0.4) is 0 Å². The molecule has 0 aliphatic carbocycles. The van der Waals surface area contributed by atoms with Crippen molar-refractivity contribution in [2.45, 2.75) is 193 Å². The maximum Gasteiger partial charge on any atom is 0.472 e. The van der Waals surface area contributed by atoms with Gasteiger partial charge in [0, 0.05) is 13.0 Å². The van der Waals surface area contributed by atoms with Gasteiger partial charge in [-0.1, -0.05) is 160 Å². The third-order valence-electron chi connectivity index (χ3n) is 8.64. The van der Waals surface area contributed by atoms with E-state index in [-0.39, 0.29) is 19.6 Å². The first-order valence-electron chi connectivity index (χ1n) is 20.3. The summed E-state index contributed by atoms with van der Waals surface area (Å²) in [5.74, 6) is -0.395. The van der Waals surface area contributed by atoms with Gasteiger partial charge in [-0.2, -0.15) is 0 Å². The number of carbonyl (C=O) groups excluding carboxylic acids is 1. The van der Waals surface area contributed by atoms with E-state index in [1.54, 1.807) is 0 Å². The minimum atomic E-state index is -4.51. The number of unbranched alkanes of at least 4 members (excludes halogenated alkanes) is 21. The van der Waals surface area contributed by atoms with Gasteiger partial charge in [-0.25, -0.2) is 4.57 Å². The highest BCUT2D eigenvalue weighted by Gasteiger charge is 2.26. The van der Waals surface area contributed by atoms with Crippen molar-refractivity contribution in [2.24, 2.45) is 0 Å². The zero-order valence-electron chi connectivity index (χ0n) is 32.1. The number of aliphatic hydroxyl groups excluding tert-OH is 2. The van der Waals surface area contributed by atoms with Crippen LogP contribution in [0.2, 0.25) is 0 Å².